The molecule has 0 spiro atoms. The lowest BCUT2D eigenvalue weighted by Gasteiger charge is -2.32. The van der Waals surface area contributed by atoms with Gasteiger partial charge >= 0.3 is 6.18 Å². The van der Waals surface area contributed by atoms with Crippen molar-refractivity contribution in [2.45, 2.75) is 38.8 Å². The average molecular weight is 223 g/mol. The predicted molar refractivity (Wildman–Crippen MR) is 50.5 cm³/mol. The molecule has 0 aromatic heterocycles. The Labute approximate surface area is 87.2 Å². The zero-order valence-electron chi connectivity index (χ0n) is 8.78. The SMILES string of the molecule is CC1(C(=O)CCC(F)(F)F)CCNCC1. The number of halogens is 3. The molecular weight excluding hydrogens is 207 g/mol. The highest BCUT2D eigenvalue weighted by atomic mass is 19.4. The van der Waals surface area contributed by atoms with E-state index in [0.717, 1.165) is 0 Å². The molecule has 1 aliphatic heterocycles. The Morgan fingerprint density at radius 2 is 1.87 bits per heavy atom. The third kappa shape index (κ3) is 3.81. The van der Waals surface area contributed by atoms with Gasteiger partial charge in [-0.3, -0.25) is 4.79 Å². The highest BCUT2D eigenvalue weighted by molar-refractivity contribution is 5.84. The molecule has 1 aliphatic rings. The highest BCUT2D eigenvalue weighted by Gasteiger charge is 2.36. The fraction of sp³-hybridized carbons (Fsp3) is 0.900. The number of piperidine rings is 1. The average Bonchev–Trinajstić information content (AvgIpc) is 2.14. The van der Waals surface area contributed by atoms with Crippen molar-refractivity contribution in [1.29, 1.82) is 0 Å². The topological polar surface area (TPSA) is 29.1 Å². The van der Waals surface area contributed by atoms with Gasteiger partial charge in [-0.1, -0.05) is 6.92 Å². The van der Waals surface area contributed by atoms with Gasteiger partial charge in [-0.2, -0.15) is 13.2 Å². The monoisotopic (exact) mass is 223 g/mol. The summed E-state index contributed by atoms with van der Waals surface area (Å²) in [4.78, 5) is 11.6. The van der Waals surface area contributed by atoms with E-state index in [4.69, 9.17) is 0 Å². The molecule has 1 saturated heterocycles. The summed E-state index contributed by atoms with van der Waals surface area (Å²) in [6.07, 6.45) is -4.30. The largest absolute Gasteiger partial charge is 0.389 e. The van der Waals surface area contributed by atoms with E-state index < -0.39 is 18.0 Å². The number of Topliss-reactive ketones (excluding diaryl/α,β-unsaturated/α-hetero) is 1. The minimum absolute atomic E-state index is 0.249. The molecule has 0 unspecified atom stereocenters. The standard InChI is InChI=1S/C10H16F3NO/c1-9(4-6-14-7-5-9)8(15)2-3-10(11,12)13/h14H,2-7H2,1H3. The van der Waals surface area contributed by atoms with E-state index in [-0.39, 0.29) is 12.2 Å². The van der Waals surface area contributed by atoms with Crippen molar-refractivity contribution in [1.82, 2.24) is 5.32 Å². The molecule has 1 heterocycles. The van der Waals surface area contributed by atoms with Crippen LogP contribution in [0.2, 0.25) is 0 Å². The van der Waals surface area contributed by atoms with Gasteiger partial charge in [-0.15, -0.1) is 0 Å². The molecule has 0 aliphatic carbocycles. The van der Waals surface area contributed by atoms with E-state index in [1.54, 1.807) is 6.92 Å². The molecule has 2 nitrogen and oxygen atoms in total. The van der Waals surface area contributed by atoms with Crippen LogP contribution >= 0.6 is 0 Å². The zero-order valence-corrected chi connectivity index (χ0v) is 8.78. The fourth-order valence-corrected chi connectivity index (χ4v) is 1.81. The molecule has 0 bridgehead atoms. The number of rotatable bonds is 3. The number of alkyl halides is 3. The van der Waals surface area contributed by atoms with Gasteiger partial charge in [0.1, 0.15) is 5.78 Å². The first-order valence-electron chi connectivity index (χ1n) is 5.14. The van der Waals surface area contributed by atoms with Crippen LogP contribution < -0.4 is 5.32 Å². The van der Waals surface area contributed by atoms with E-state index in [1.807, 2.05) is 0 Å². The predicted octanol–water partition coefficient (Wildman–Crippen LogP) is 2.29. The number of hydrogen-bond donors (Lipinski definition) is 1. The van der Waals surface area contributed by atoms with Gasteiger partial charge in [0.15, 0.2) is 0 Å². The second-order valence-corrected chi connectivity index (χ2v) is 4.35. The lowest BCUT2D eigenvalue weighted by atomic mass is 9.76. The molecule has 0 aromatic rings. The van der Waals surface area contributed by atoms with Crippen LogP contribution in [0.25, 0.3) is 0 Å². The van der Waals surface area contributed by atoms with Crippen LogP contribution in [-0.2, 0) is 4.79 Å². The molecule has 15 heavy (non-hydrogen) atoms. The second-order valence-electron chi connectivity index (χ2n) is 4.35. The maximum Gasteiger partial charge on any atom is 0.389 e. The van der Waals surface area contributed by atoms with Gasteiger partial charge in [0, 0.05) is 11.8 Å². The first-order chi connectivity index (χ1) is 6.83. The van der Waals surface area contributed by atoms with E-state index >= 15 is 0 Å². The Kier molecular flexibility index (Phi) is 3.76. The van der Waals surface area contributed by atoms with Crippen molar-refractivity contribution >= 4 is 5.78 Å². The first kappa shape index (κ1) is 12.5. The van der Waals surface area contributed by atoms with Gasteiger partial charge in [-0.05, 0) is 25.9 Å². The summed E-state index contributed by atoms with van der Waals surface area (Å²) in [6, 6.07) is 0. The molecule has 0 radical (unpaired) electrons. The normalized spacial score (nSPS) is 21.3. The maximum absolute atomic E-state index is 11.9. The molecule has 0 saturated carbocycles. The molecule has 1 fully saturated rings. The Bertz CT molecular complexity index is 231. The Morgan fingerprint density at radius 3 is 2.33 bits per heavy atom. The fourth-order valence-electron chi connectivity index (χ4n) is 1.81. The van der Waals surface area contributed by atoms with Crippen molar-refractivity contribution in [2.75, 3.05) is 13.1 Å². The third-order valence-corrected chi connectivity index (χ3v) is 3.02. The van der Waals surface area contributed by atoms with Gasteiger partial charge in [0.05, 0.1) is 6.42 Å². The molecule has 1 rings (SSSR count). The van der Waals surface area contributed by atoms with Gasteiger partial charge in [0.2, 0.25) is 0 Å². The van der Waals surface area contributed by atoms with Gasteiger partial charge in [0.25, 0.3) is 0 Å². The van der Waals surface area contributed by atoms with Crippen LogP contribution in [-0.4, -0.2) is 25.0 Å². The highest BCUT2D eigenvalue weighted by Crippen LogP contribution is 2.32. The van der Waals surface area contributed by atoms with E-state index in [1.165, 1.54) is 0 Å². The number of nitrogens with one attached hydrogen (secondary N) is 1. The summed E-state index contributed by atoms with van der Waals surface area (Å²) < 4.78 is 35.8. The summed E-state index contributed by atoms with van der Waals surface area (Å²) in [5.74, 6) is -0.249. The summed E-state index contributed by atoms with van der Waals surface area (Å²) in [5, 5.41) is 3.09. The molecule has 1 N–H and O–H groups in total. The quantitative estimate of drug-likeness (QED) is 0.795. The number of carbonyl (C=O) groups excluding carboxylic acids is 1. The molecule has 88 valence electrons. The summed E-state index contributed by atoms with van der Waals surface area (Å²) >= 11 is 0. The van der Waals surface area contributed by atoms with Crippen LogP contribution in [0.5, 0.6) is 0 Å². The smallest absolute Gasteiger partial charge is 0.317 e. The molecule has 0 amide bonds. The van der Waals surface area contributed by atoms with Gasteiger partial charge < -0.3 is 5.32 Å². The van der Waals surface area contributed by atoms with Crippen LogP contribution in [0.4, 0.5) is 13.2 Å². The molecular formula is C10H16F3NO. The zero-order chi connectivity index (χ0) is 11.5. The Morgan fingerprint density at radius 1 is 1.33 bits per heavy atom. The molecule has 0 aromatic carbocycles. The molecule has 5 heteroatoms. The van der Waals surface area contributed by atoms with Crippen LogP contribution in [0, 0.1) is 5.41 Å². The Hall–Kier alpha value is -0.580. The maximum atomic E-state index is 11.9. The summed E-state index contributed by atoms with van der Waals surface area (Å²) in [7, 11) is 0. The lowest BCUT2D eigenvalue weighted by molar-refractivity contribution is -0.147. The minimum Gasteiger partial charge on any atom is -0.317 e. The van der Waals surface area contributed by atoms with Crippen molar-refractivity contribution in [2.24, 2.45) is 5.41 Å². The second kappa shape index (κ2) is 4.51. The van der Waals surface area contributed by atoms with Gasteiger partial charge in [-0.25, -0.2) is 0 Å². The minimum atomic E-state index is -4.22. The van der Waals surface area contributed by atoms with E-state index in [9.17, 15) is 18.0 Å². The lowest BCUT2D eigenvalue weighted by Crippen LogP contribution is -2.40. The number of ketones is 1. The molecule has 0 atom stereocenters. The summed E-state index contributed by atoms with van der Waals surface area (Å²) in [5.41, 5.74) is -0.545. The third-order valence-electron chi connectivity index (χ3n) is 3.02. The Balaban J connectivity index is 2.45. The van der Waals surface area contributed by atoms with Crippen molar-refractivity contribution in [3.8, 4) is 0 Å². The number of hydrogen-bond acceptors (Lipinski definition) is 2. The van der Waals surface area contributed by atoms with Crippen LogP contribution in [0.15, 0.2) is 0 Å². The van der Waals surface area contributed by atoms with Crippen molar-refractivity contribution in [3.63, 3.8) is 0 Å². The first-order valence-corrected chi connectivity index (χ1v) is 5.14. The van der Waals surface area contributed by atoms with Crippen LogP contribution in [0.3, 0.4) is 0 Å². The van der Waals surface area contributed by atoms with Crippen molar-refractivity contribution in [3.05, 3.63) is 0 Å². The summed E-state index contributed by atoms with van der Waals surface area (Å²) in [6.45, 7) is 3.20. The van der Waals surface area contributed by atoms with E-state index in [0.29, 0.717) is 25.9 Å². The van der Waals surface area contributed by atoms with E-state index in [2.05, 4.69) is 5.32 Å². The number of carbonyl (C=O) groups is 1. The van der Waals surface area contributed by atoms with Crippen molar-refractivity contribution < 1.29 is 18.0 Å². The van der Waals surface area contributed by atoms with Crippen LogP contribution in [0.1, 0.15) is 32.6 Å².